The van der Waals surface area contributed by atoms with E-state index in [2.05, 4.69) is 20.3 Å². The number of nitriles is 1. The second kappa shape index (κ2) is 9.78. The van der Waals surface area contributed by atoms with Crippen LogP contribution in [-0.2, 0) is 10.0 Å². The number of nitrogen functional groups attached to an aromatic ring is 1. The lowest BCUT2D eigenvalue weighted by Gasteiger charge is -2.25. The van der Waals surface area contributed by atoms with Crippen LogP contribution >= 0.6 is 11.6 Å². The van der Waals surface area contributed by atoms with Gasteiger partial charge in [-0.1, -0.05) is 30.2 Å². The van der Waals surface area contributed by atoms with Gasteiger partial charge >= 0.3 is 0 Å². The highest BCUT2D eigenvalue weighted by Gasteiger charge is 2.26. The molecule has 11 nitrogen and oxygen atoms in total. The summed E-state index contributed by atoms with van der Waals surface area (Å²) in [4.78, 5) is 17.1. The number of nitrogens with two attached hydrogens (primary N) is 1. The summed E-state index contributed by atoms with van der Waals surface area (Å²) >= 11 is 6.00. The summed E-state index contributed by atoms with van der Waals surface area (Å²) in [7, 11) is -3.57. The Balaban J connectivity index is 1.51. The van der Waals surface area contributed by atoms with E-state index in [1.807, 2.05) is 6.07 Å². The average Bonchev–Trinajstić information content (AvgIpc) is 3.22. The van der Waals surface area contributed by atoms with Gasteiger partial charge in [0.2, 0.25) is 10.0 Å². The Labute approximate surface area is 216 Å². The normalized spacial score (nSPS) is 14.8. The number of azo groups is 1. The van der Waals surface area contributed by atoms with Crippen LogP contribution in [-0.4, -0.2) is 40.4 Å². The number of piperidine rings is 1. The Morgan fingerprint density at radius 1 is 1.03 bits per heavy atom. The van der Waals surface area contributed by atoms with Crippen molar-refractivity contribution >= 4 is 44.5 Å². The van der Waals surface area contributed by atoms with Gasteiger partial charge in [-0.15, -0.1) is 5.11 Å². The standard InChI is InChI=1S/C24H21ClN8O3S/c25-16-6-4-15(5-7-16)21-19(14-26)22(27)28-23-20(24(34)31-33(21)23)30-29-17-8-10-18(11-9-17)37(35,36)32-12-2-1-3-13-32/h4-11H,1-3,12-13H2,(H2,27,28)(H,31,34). The van der Waals surface area contributed by atoms with Gasteiger partial charge in [-0.05, 0) is 49.2 Å². The van der Waals surface area contributed by atoms with Gasteiger partial charge in [0.15, 0.2) is 11.3 Å². The zero-order chi connectivity index (χ0) is 26.2. The van der Waals surface area contributed by atoms with Crippen LogP contribution in [0, 0.1) is 11.3 Å². The summed E-state index contributed by atoms with van der Waals surface area (Å²) in [5.41, 5.74) is 6.76. The molecule has 0 aliphatic carbocycles. The second-order valence-corrected chi connectivity index (χ2v) is 10.8. The Kier molecular flexibility index (Phi) is 6.51. The maximum atomic E-state index is 12.9. The summed E-state index contributed by atoms with van der Waals surface area (Å²) in [6, 6.07) is 14.7. The number of fused-ring (bicyclic) bond motifs is 1. The molecule has 0 bridgehead atoms. The van der Waals surface area contributed by atoms with Crippen LogP contribution < -0.4 is 11.3 Å². The Bertz CT molecular complexity index is 1710. The predicted octanol–water partition coefficient (Wildman–Crippen LogP) is 4.39. The van der Waals surface area contributed by atoms with Crippen molar-refractivity contribution < 1.29 is 8.42 Å². The van der Waals surface area contributed by atoms with Crippen molar-refractivity contribution in [1.29, 1.82) is 5.26 Å². The number of sulfonamides is 1. The number of anilines is 1. The van der Waals surface area contributed by atoms with E-state index >= 15 is 0 Å². The number of H-pyrrole nitrogens is 1. The molecule has 0 saturated carbocycles. The second-order valence-electron chi connectivity index (χ2n) is 8.45. The third-order valence-corrected chi connectivity index (χ3v) is 8.24. The van der Waals surface area contributed by atoms with Crippen molar-refractivity contribution in [1.82, 2.24) is 18.9 Å². The first-order valence-corrected chi connectivity index (χ1v) is 13.2. The lowest BCUT2D eigenvalue weighted by Crippen LogP contribution is -2.35. The Hall–Kier alpha value is -4.05. The van der Waals surface area contributed by atoms with E-state index in [0.29, 0.717) is 35.1 Å². The molecule has 1 saturated heterocycles. The molecule has 37 heavy (non-hydrogen) atoms. The number of aromatic amines is 1. The Morgan fingerprint density at radius 2 is 1.70 bits per heavy atom. The monoisotopic (exact) mass is 536 g/mol. The van der Waals surface area contributed by atoms with Crippen LogP contribution in [0.2, 0.25) is 5.02 Å². The van der Waals surface area contributed by atoms with Crippen LogP contribution in [0.15, 0.2) is 68.4 Å². The lowest BCUT2D eigenvalue weighted by atomic mass is 10.1. The van der Waals surface area contributed by atoms with E-state index < -0.39 is 15.6 Å². The highest BCUT2D eigenvalue weighted by molar-refractivity contribution is 7.89. The van der Waals surface area contributed by atoms with Gasteiger partial charge in [0, 0.05) is 23.7 Å². The average molecular weight is 537 g/mol. The number of nitrogens with zero attached hydrogens (tertiary/aromatic N) is 6. The maximum absolute atomic E-state index is 12.9. The molecule has 1 fully saturated rings. The van der Waals surface area contributed by atoms with Gasteiger partial charge in [-0.25, -0.2) is 17.9 Å². The molecular formula is C24H21ClN8O3S. The molecule has 0 amide bonds. The van der Waals surface area contributed by atoms with Gasteiger partial charge in [-0.3, -0.25) is 9.89 Å². The van der Waals surface area contributed by atoms with Gasteiger partial charge < -0.3 is 5.73 Å². The number of hydrogen-bond donors (Lipinski definition) is 2. The largest absolute Gasteiger partial charge is 0.382 e. The van der Waals surface area contributed by atoms with Crippen LogP contribution in [0.25, 0.3) is 16.9 Å². The van der Waals surface area contributed by atoms with Crippen molar-refractivity contribution in [2.75, 3.05) is 18.8 Å². The number of rotatable bonds is 5. The predicted molar refractivity (Wildman–Crippen MR) is 139 cm³/mol. The lowest BCUT2D eigenvalue weighted by molar-refractivity contribution is 0.346. The molecule has 3 heterocycles. The minimum Gasteiger partial charge on any atom is -0.382 e. The molecule has 0 unspecified atom stereocenters. The highest BCUT2D eigenvalue weighted by Crippen LogP contribution is 2.31. The third kappa shape index (κ3) is 4.60. The molecule has 1 aliphatic heterocycles. The first-order valence-electron chi connectivity index (χ1n) is 11.4. The summed E-state index contributed by atoms with van der Waals surface area (Å²) in [6.45, 7) is 1.02. The summed E-state index contributed by atoms with van der Waals surface area (Å²) < 4.78 is 28.5. The van der Waals surface area contributed by atoms with Gasteiger partial charge in [0.1, 0.15) is 17.5 Å². The number of benzene rings is 2. The molecule has 188 valence electrons. The fourth-order valence-corrected chi connectivity index (χ4v) is 5.85. The Morgan fingerprint density at radius 3 is 2.35 bits per heavy atom. The molecule has 0 radical (unpaired) electrons. The van der Waals surface area contributed by atoms with E-state index in [9.17, 15) is 18.5 Å². The summed E-state index contributed by atoms with van der Waals surface area (Å²) in [6.07, 6.45) is 2.72. The first-order chi connectivity index (χ1) is 17.8. The van der Waals surface area contributed by atoms with Gasteiger partial charge in [-0.2, -0.15) is 14.7 Å². The SMILES string of the molecule is N#Cc1c(N)nc2c(N=Nc3ccc(S(=O)(=O)N4CCCCC4)cc3)c(=O)[nH]n2c1-c1ccc(Cl)cc1. The van der Waals surface area contributed by atoms with E-state index in [1.54, 1.807) is 24.3 Å². The fourth-order valence-electron chi connectivity index (χ4n) is 4.21. The van der Waals surface area contributed by atoms with E-state index in [4.69, 9.17) is 17.3 Å². The van der Waals surface area contributed by atoms with Crippen molar-refractivity contribution in [3.63, 3.8) is 0 Å². The van der Waals surface area contributed by atoms with E-state index in [1.165, 1.54) is 33.1 Å². The summed E-state index contributed by atoms with van der Waals surface area (Å²) in [5.74, 6) is -0.0739. The van der Waals surface area contributed by atoms with E-state index in [-0.39, 0.29) is 27.6 Å². The molecule has 2 aromatic carbocycles. The molecule has 13 heteroatoms. The van der Waals surface area contributed by atoms with Crippen LogP contribution in [0.4, 0.5) is 17.2 Å². The van der Waals surface area contributed by atoms with Gasteiger partial charge in [0.05, 0.1) is 16.3 Å². The molecular weight excluding hydrogens is 516 g/mol. The molecule has 3 N–H and O–H groups in total. The van der Waals surface area contributed by atoms with Gasteiger partial charge in [0.25, 0.3) is 5.56 Å². The van der Waals surface area contributed by atoms with Crippen molar-refractivity contribution in [3.05, 3.63) is 69.5 Å². The van der Waals surface area contributed by atoms with E-state index in [0.717, 1.165) is 19.3 Å². The zero-order valence-electron chi connectivity index (χ0n) is 19.4. The molecule has 0 spiro atoms. The molecule has 2 aromatic heterocycles. The minimum atomic E-state index is -3.57. The maximum Gasteiger partial charge on any atom is 0.294 e. The fraction of sp³-hybridized carbons (Fsp3) is 0.208. The molecule has 0 atom stereocenters. The molecule has 1 aliphatic rings. The number of nitrogens with one attached hydrogen (secondary N) is 1. The minimum absolute atomic E-state index is 0.0739. The molecule has 4 aromatic rings. The topological polar surface area (TPSA) is 162 Å². The van der Waals surface area contributed by atoms with Crippen LogP contribution in [0.5, 0.6) is 0 Å². The third-order valence-electron chi connectivity index (χ3n) is 6.08. The van der Waals surface area contributed by atoms with Crippen molar-refractivity contribution in [2.24, 2.45) is 10.2 Å². The smallest absolute Gasteiger partial charge is 0.294 e. The zero-order valence-corrected chi connectivity index (χ0v) is 21.0. The number of hydrogen-bond acceptors (Lipinski definition) is 8. The van der Waals surface area contributed by atoms with Crippen molar-refractivity contribution in [2.45, 2.75) is 24.2 Å². The summed E-state index contributed by atoms with van der Waals surface area (Å²) in [5, 5.41) is 21.0. The molecule has 5 rings (SSSR count). The van der Waals surface area contributed by atoms with Crippen molar-refractivity contribution in [3.8, 4) is 17.3 Å². The first kappa shape index (κ1) is 24.6. The quantitative estimate of drug-likeness (QED) is 0.359. The van der Waals surface area contributed by atoms with Crippen LogP contribution in [0.1, 0.15) is 24.8 Å². The number of halogens is 1. The van der Waals surface area contributed by atoms with Crippen LogP contribution in [0.3, 0.4) is 0 Å². The number of aromatic nitrogens is 3. The highest BCUT2D eigenvalue weighted by atomic mass is 35.5.